The Kier molecular flexibility index (Phi) is 3.87. The number of hydrogen-bond donors (Lipinski definition) is 1. The van der Waals surface area contributed by atoms with E-state index in [4.69, 9.17) is 9.47 Å². The van der Waals surface area contributed by atoms with Gasteiger partial charge in [-0.15, -0.1) is 0 Å². The molecule has 1 unspecified atom stereocenters. The van der Waals surface area contributed by atoms with Crippen molar-refractivity contribution in [2.24, 2.45) is 5.41 Å². The number of carbonyl (C=O) groups is 1. The van der Waals surface area contributed by atoms with Crippen molar-refractivity contribution in [1.29, 1.82) is 0 Å². The molecule has 0 saturated heterocycles. The zero-order valence-corrected chi connectivity index (χ0v) is 13.6. The predicted octanol–water partition coefficient (Wildman–Crippen LogP) is 2.98. The van der Waals surface area contributed by atoms with E-state index in [1.54, 1.807) is 12.3 Å². The summed E-state index contributed by atoms with van der Waals surface area (Å²) in [7, 11) is 1.40. The van der Waals surface area contributed by atoms with Crippen molar-refractivity contribution >= 4 is 28.8 Å². The van der Waals surface area contributed by atoms with Crippen LogP contribution in [0.4, 0.5) is 0 Å². The Morgan fingerprint density at radius 1 is 1.45 bits per heavy atom. The van der Waals surface area contributed by atoms with Crippen LogP contribution in [0.25, 0.3) is 11.0 Å². The highest BCUT2D eigenvalue weighted by molar-refractivity contribution is 7.99. The number of rotatable bonds is 4. The molecule has 1 N–H and O–H groups in total. The number of imidazole rings is 1. The summed E-state index contributed by atoms with van der Waals surface area (Å²) in [5.41, 5.74) is 3.66. The van der Waals surface area contributed by atoms with Gasteiger partial charge in [-0.3, -0.25) is 4.79 Å². The lowest BCUT2D eigenvalue weighted by molar-refractivity contribution is -0.149. The third-order valence-electron chi connectivity index (χ3n) is 3.96. The Morgan fingerprint density at radius 3 is 2.91 bits per heavy atom. The molecule has 1 atom stereocenters. The van der Waals surface area contributed by atoms with Gasteiger partial charge in [-0.25, -0.2) is 4.98 Å². The van der Waals surface area contributed by atoms with Crippen molar-refractivity contribution in [2.45, 2.75) is 19.0 Å². The number of thioether (sulfide) groups is 1. The van der Waals surface area contributed by atoms with E-state index in [0.29, 0.717) is 12.4 Å². The van der Waals surface area contributed by atoms with E-state index < -0.39 is 5.41 Å². The Labute approximate surface area is 133 Å². The average Bonchev–Trinajstić information content (AvgIpc) is 3.12. The molecule has 5 nitrogen and oxygen atoms in total. The smallest absolute Gasteiger partial charge is 0.320 e. The monoisotopic (exact) mass is 318 g/mol. The van der Waals surface area contributed by atoms with Gasteiger partial charge in [0.25, 0.3) is 0 Å². The van der Waals surface area contributed by atoms with E-state index in [0.717, 1.165) is 16.2 Å². The summed E-state index contributed by atoms with van der Waals surface area (Å²) >= 11 is 1.50. The molecule has 2 aromatic rings. The highest BCUT2D eigenvalue weighted by Gasteiger charge is 2.41. The summed E-state index contributed by atoms with van der Waals surface area (Å²) in [6.45, 7) is 4.46. The van der Waals surface area contributed by atoms with Gasteiger partial charge >= 0.3 is 5.97 Å². The van der Waals surface area contributed by atoms with Crippen LogP contribution in [0.5, 0.6) is 0 Å². The van der Waals surface area contributed by atoms with Gasteiger partial charge in [0, 0.05) is 5.75 Å². The number of hydrogen-bond acceptors (Lipinski definition) is 5. The number of benzene rings is 1. The number of nitrogens with one attached hydrogen (secondary N) is 1. The minimum Gasteiger partial charge on any atom is -0.500 e. The van der Waals surface area contributed by atoms with E-state index >= 15 is 0 Å². The van der Waals surface area contributed by atoms with E-state index in [9.17, 15) is 4.79 Å². The maximum absolute atomic E-state index is 12.0. The quantitative estimate of drug-likeness (QED) is 0.693. The first-order valence-corrected chi connectivity index (χ1v) is 8.00. The maximum atomic E-state index is 12.0. The second kappa shape index (κ2) is 5.68. The van der Waals surface area contributed by atoms with Gasteiger partial charge in [-0.05, 0) is 43.2 Å². The normalized spacial score (nSPS) is 20.3. The Balaban J connectivity index is 1.81. The summed E-state index contributed by atoms with van der Waals surface area (Å²) in [6, 6.07) is 4.16. The lowest BCUT2D eigenvalue weighted by atomic mass is 9.93. The van der Waals surface area contributed by atoms with Gasteiger partial charge in [0.05, 0.1) is 24.4 Å². The molecule has 0 aliphatic carbocycles. The lowest BCUT2D eigenvalue weighted by Crippen LogP contribution is -2.34. The van der Waals surface area contributed by atoms with Crippen LogP contribution in [0, 0.1) is 19.3 Å². The Hall–Kier alpha value is -1.95. The minimum atomic E-state index is -0.732. The van der Waals surface area contributed by atoms with Crippen molar-refractivity contribution in [2.75, 3.05) is 19.5 Å². The van der Waals surface area contributed by atoms with Gasteiger partial charge in [0.1, 0.15) is 12.0 Å². The number of methoxy groups -OCH3 is 1. The number of aromatic nitrogens is 2. The minimum absolute atomic E-state index is 0.281. The van der Waals surface area contributed by atoms with Crippen LogP contribution in [-0.4, -0.2) is 35.4 Å². The molecule has 3 rings (SSSR count). The number of fused-ring (bicyclic) bond motifs is 1. The Morgan fingerprint density at radius 2 is 2.23 bits per heavy atom. The average molecular weight is 318 g/mol. The molecular formula is C16H18N2O3S. The summed E-state index contributed by atoms with van der Waals surface area (Å²) < 4.78 is 10.1. The summed E-state index contributed by atoms with van der Waals surface area (Å²) in [4.78, 5) is 19.9. The van der Waals surface area contributed by atoms with Crippen LogP contribution in [-0.2, 0) is 14.3 Å². The number of aryl methyl sites for hydroxylation is 2. The standard InChI is InChI=1S/C16H18N2O3S/c1-10-6-12-13(7-11(10)2)18-15(17-12)22-9-16(14(19)20-3)4-5-21-8-16/h4-7H,8-9H2,1-3H3,(H,17,18). The fourth-order valence-electron chi connectivity index (χ4n) is 2.41. The van der Waals surface area contributed by atoms with Gasteiger partial charge in [-0.1, -0.05) is 11.8 Å². The molecular weight excluding hydrogens is 300 g/mol. The topological polar surface area (TPSA) is 64.2 Å². The van der Waals surface area contributed by atoms with Crippen molar-refractivity contribution in [1.82, 2.24) is 9.97 Å². The fraction of sp³-hybridized carbons (Fsp3) is 0.375. The largest absolute Gasteiger partial charge is 0.500 e. The predicted molar refractivity (Wildman–Crippen MR) is 85.8 cm³/mol. The van der Waals surface area contributed by atoms with Gasteiger partial charge in [0.15, 0.2) is 5.16 Å². The maximum Gasteiger partial charge on any atom is 0.320 e. The van der Waals surface area contributed by atoms with Crippen LogP contribution in [0.3, 0.4) is 0 Å². The second-order valence-corrected chi connectivity index (χ2v) is 6.51. The fourth-order valence-corrected chi connectivity index (χ4v) is 3.45. The van der Waals surface area contributed by atoms with E-state index in [2.05, 4.69) is 35.9 Å². The second-order valence-electron chi connectivity index (χ2n) is 5.55. The summed E-state index contributed by atoms with van der Waals surface area (Å²) in [6.07, 6.45) is 3.33. The number of H-pyrrole nitrogens is 1. The van der Waals surface area contributed by atoms with Crippen molar-refractivity contribution in [3.05, 3.63) is 35.6 Å². The molecule has 0 saturated carbocycles. The third kappa shape index (κ3) is 2.59. The zero-order valence-electron chi connectivity index (χ0n) is 12.8. The lowest BCUT2D eigenvalue weighted by Gasteiger charge is -2.21. The number of esters is 1. The van der Waals surface area contributed by atoms with E-state index in [1.807, 2.05) is 0 Å². The molecule has 1 aromatic heterocycles. The first-order chi connectivity index (χ1) is 10.5. The SMILES string of the molecule is COC(=O)C1(CSc2nc3cc(C)c(C)cc3[nH]2)C=COC1. The molecule has 6 heteroatoms. The van der Waals surface area contributed by atoms with E-state index in [-0.39, 0.29) is 5.97 Å². The van der Waals surface area contributed by atoms with Crippen LogP contribution in [0.1, 0.15) is 11.1 Å². The van der Waals surface area contributed by atoms with Gasteiger partial charge in [-0.2, -0.15) is 0 Å². The van der Waals surface area contributed by atoms with Gasteiger partial charge < -0.3 is 14.5 Å². The first kappa shape index (κ1) is 15.0. The number of ether oxygens (including phenoxy) is 2. The van der Waals surface area contributed by atoms with Gasteiger partial charge in [0.2, 0.25) is 0 Å². The summed E-state index contributed by atoms with van der Waals surface area (Å²) in [5.74, 6) is 0.241. The van der Waals surface area contributed by atoms with Crippen LogP contribution in [0.2, 0.25) is 0 Å². The molecule has 22 heavy (non-hydrogen) atoms. The zero-order chi connectivity index (χ0) is 15.7. The number of aromatic amines is 1. The van der Waals surface area contributed by atoms with Crippen LogP contribution < -0.4 is 0 Å². The Bertz CT molecular complexity index is 714. The van der Waals surface area contributed by atoms with Crippen LogP contribution >= 0.6 is 11.8 Å². The molecule has 1 aliphatic heterocycles. The molecule has 116 valence electrons. The van der Waals surface area contributed by atoms with Crippen LogP contribution in [0.15, 0.2) is 29.6 Å². The number of nitrogens with zero attached hydrogens (tertiary/aromatic N) is 1. The molecule has 1 aromatic carbocycles. The van der Waals surface area contributed by atoms with E-state index in [1.165, 1.54) is 30.0 Å². The summed E-state index contributed by atoms with van der Waals surface area (Å²) in [5, 5.41) is 0.795. The highest BCUT2D eigenvalue weighted by atomic mass is 32.2. The molecule has 1 aliphatic rings. The van der Waals surface area contributed by atoms with Crippen molar-refractivity contribution in [3.63, 3.8) is 0 Å². The molecule has 0 fully saturated rings. The molecule has 0 spiro atoms. The third-order valence-corrected chi connectivity index (χ3v) is 5.08. The number of carbonyl (C=O) groups excluding carboxylic acids is 1. The molecule has 2 heterocycles. The molecule has 0 bridgehead atoms. The first-order valence-electron chi connectivity index (χ1n) is 7.01. The van der Waals surface area contributed by atoms with Crippen molar-refractivity contribution in [3.8, 4) is 0 Å². The molecule has 0 radical (unpaired) electrons. The molecule has 0 amide bonds. The van der Waals surface area contributed by atoms with Crippen molar-refractivity contribution < 1.29 is 14.3 Å². The highest BCUT2D eigenvalue weighted by Crippen LogP contribution is 2.34.